The molecule has 2 rings (SSSR count). The summed E-state index contributed by atoms with van der Waals surface area (Å²) in [6, 6.07) is 10.2. The van der Waals surface area contributed by atoms with E-state index in [2.05, 4.69) is 22.4 Å². The molecule has 0 unspecified atom stereocenters. The first kappa shape index (κ1) is 18.4. The summed E-state index contributed by atoms with van der Waals surface area (Å²) in [5, 5.41) is 11.0. The van der Waals surface area contributed by atoms with Crippen molar-refractivity contribution >= 4 is 23.4 Å². The standard InChI is InChI=1S/C18H22N4O3/c1-4-5-12-22(2)17(23)15-10-11-16(21-20-15)19-14-9-7-6-8-13(14)18(24)25-3/h6-11H,4-5,12H2,1-3H3,(H,19,21). The lowest BCUT2D eigenvalue weighted by Crippen LogP contribution is -2.28. The summed E-state index contributed by atoms with van der Waals surface area (Å²) < 4.78 is 4.76. The molecule has 1 heterocycles. The number of ether oxygens (including phenoxy) is 1. The second kappa shape index (κ2) is 8.77. The van der Waals surface area contributed by atoms with Crippen molar-refractivity contribution < 1.29 is 14.3 Å². The number of hydrogen-bond acceptors (Lipinski definition) is 6. The Morgan fingerprint density at radius 2 is 1.92 bits per heavy atom. The molecule has 0 bridgehead atoms. The lowest BCUT2D eigenvalue weighted by atomic mass is 10.2. The summed E-state index contributed by atoms with van der Waals surface area (Å²) in [5.74, 6) is -0.174. The highest BCUT2D eigenvalue weighted by Gasteiger charge is 2.14. The number of carbonyl (C=O) groups is 2. The fourth-order valence-electron chi connectivity index (χ4n) is 2.22. The molecule has 25 heavy (non-hydrogen) atoms. The Balaban J connectivity index is 2.11. The van der Waals surface area contributed by atoms with Gasteiger partial charge in [-0.05, 0) is 30.7 Å². The number of nitrogens with zero attached hydrogens (tertiary/aromatic N) is 3. The van der Waals surface area contributed by atoms with Crippen LogP contribution in [-0.4, -0.2) is 47.7 Å². The molecule has 0 atom stereocenters. The molecule has 1 aromatic carbocycles. The maximum absolute atomic E-state index is 12.2. The maximum atomic E-state index is 12.2. The molecule has 0 aliphatic carbocycles. The molecule has 0 saturated heterocycles. The van der Waals surface area contributed by atoms with Crippen LogP contribution in [0.25, 0.3) is 0 Å². The Labute approximate surface area is 147 Å². The van der Waals surface area contributed by atoms with Gasteiger partial charge in [-0.1, -0.05) is 25.5 Å². The van der Waals surface area contributed by atoms with Gasteiger partial charge in [0.05, 0.1) is 18.4 Å². The van der Waals surface area contributed by atoms with Crippen molar-refractivity contribution in [3.8, 4) is 0 Å². The first-order valence-corrected chi connectivity index (χ1v) is 8.10. The normalized spacial score (nSPS) is 10.2. The van der Waals surface area contributed by atoms with Crippen LogP contribution in [0.3, 0.4) is 0 Å². The average Bonchev–Trinajstić information content (AvgIpc) is 2.66. The number of para-hydroxylation sites is 1. The van der Waals surface area contributed by atoms with Gasteiger partial charge in [0.25, 0.3) is 5.91 Å². The summed E-state index contributed by atoms with van der Waals surface area (Å²) in [4.78, 5) is 25.7. The second-order valence-corrected chi connectivity index (χ2v) is 5.55. The van der Waals surface area contributed by atoms with Gasteiger partial charge in [-0.3, -0.25) is 4.79 Å². The predicted octanol–water partition coefficient (Wildman–Crippen LogP) is 2.88. The van der Waals surface area contributed by atoms with E-state index < -0.39 is 5.97 Å². The number of amides is 1. The van der Waals surface area contributed by atoms with Crippen LogP contribution < -0.4 is 5.32 Å². The molecule has 0 aliphatic heterocycles. The van der Waals surface area contributed by atoms with Gasteiger partial charge in [0, 0.05) is 13.6 Å². The number of nitrogens with one attached hydrogen (secondary N) is 1. The van der Waals surface area contributed by atoms with Crippen molar-refractivity contribution in [3.63, 3.8) is 0 Å². The maximum Gasteiger partial charge on any atom is 0.339 e. The highest BCUT2D eigenvalue weighted by atomic mass is 16.5. The van der Waals surface area contributed by atoms with Crippen LogP contribution in [0.15, 0.2) is 36.4 Å². The van der Waals surface area contributed by atoms with Crippen molar-refractivity contribution in [1.29, 1.82) is 0 Å². The number of aromatic nitrogens is 2. The Morgan fingerprint density at radius 1 is 1.16 bits per heavy atom. The van der Waals surface area contributed by atoms with E-state index in [1.807, 2.05) is 0 Å². The van der Waals surface area contributed by atoms with Gasteiger partial charge in [0.2, 0.25) is 0 Å². The van der Waals surface area contributed by atoms with Gasteiger partial charge >= 0.3 is 5.97 Å². The minimum atomic E-state index is -0.444. The Bertz CT molecular complexity index is 731. The summed E-state index contributed by atoms with van der Waals surface area (Å²) in [6.07, 6.45) is 1.96. The lowest BCUT2D eigenvalue weighted by Gasteiger charge is -2.16. The molecule has 2 aromatic rings. The Hall–Kier alpha value is -2.96. The van der Waals surface area contributed by atoms with E-state index in [-0.39, 0.29) is 11.6 Å². The molecule has 7 nitrogen and oxygen atoms in total. The smallest absolute Gasteiger partial charge is 0.339 e. The average molecular weight is 342 g/mol. The van der Waals surface area contributed by atoms with E-state index in [1.54, 1.807) is 48.3 Å². The van der Waals surface area contributed by atoms with E-state index in [9.17, 15) is 9.59 Å². The molecule has 0 fully saturated rings. The molecule has 0 aliphatic rings. The van der Waals surface area contributed by atoms with E-state index in [4.69, 9.17) is 4.74 Å². The molecule has 0 spiro atoms. The van der Waals surface area contributed by atoms with E-state index >= 15 is 0 Å². The fourth-order valence-corrected chi connectivity index (χ4v) is 2.22. The quantitative estimate of drug-likeness (QED) is 0.779. The minimum absolute atomic E-state index is 0.164. The SMILES string of the molecule is CCCCN(C)C(=O)c1ccc(Nc2ccccc2C(=O)OC)nn1. The van der Waals surface area contributed by atoms with Gasteiger partial charge in [-0.2, -0.15) is 0 Å². The van der Waals surface area contributed by atoms with Crippen molar-refractivity contribution in [2.24, 2.45) is 0 Å². The molecular weight excluding hydrogens is 320 g/mol. The van der Waals surface area contributed by atoms with Crippen LogP contribution in [0.5, 0.6) is 0 Å². The van der Waals surface area contributed by atoms with Gasteiger partial charge in [0.1, 0.15) is 0 Å². The number of anilines is 2. The largest absolute Gasteiger partial charge is 0.465 e. The summed E-state index contributed by atoms with van der Waals surface area (Å²) in [7, 11) is 3.08. The van der Waals surface area contributed by atoms with E-state index in [0.29, 0.717) is 23.6 Å². The molecule has 132 valence electrons. The number of benzene rings is 1. The van der Waals surface area contributed by atoms with Crippen molar-refractivity contribution in [2.75, 3.05) is 26.0 Å². The molecule has 1 amide bonds. The predicted molar refractivity (Wildman–Crippen MR) is 95.0 cm³/mol. The Kier molecular flexibility index (Phi) is 6.45. The third kappa shape index (κ3) is 4.76. The first-order valence-electron chi connectivity index (χ1n) is 8.10. The number of hydrogen-bond donors (Lipinski definition) is 1. The highest BCUT2D eigenvalue weighted by Crippen LogP contribution is 2.20. The van der Waals surface area contributed by atoms with E-state index in [0.717, 1.165) is 12.8 Å². The molecule has 0 saturated carbocycles. The lowest BCUT2D eigenvalue weighted by molar-refractivity contribution is 0.0601. The number of rotatable bonds is 7. The first-order chi connectivity index (χ1) is 12.1. The highest BCUT2D eigenvalue weighted by molar-refractivity contribution is 5.96. The minimum Gasteiger partial charge on any atom is -0.465 e. The number of carbonyl (C=O) groups excluding carboxylic acids is 2. The second-order valence-electron chi connectivity index (χ2n) is 5.55. The molecule has 0 radical (unpaired) electrons. The Morgan fingerprint density at radius 3 is 2.56 bits per heavy atom. The van der Waals surface area contributed by atoms with Gasteiger partial charge in [-0.15, -0.1) is 10.2 Å². The molecule has 1 aromatic heterocycles. The molecule has 1 N–H and O–H groups in total. The van der Waals surface area contributed by atoms with Gasteiger partial charge < -0.3 is 15.0 Å². The zero-order valence-electron chi connectivity index (χ0n) is 14.7. The van der Waals surface area contributed by atoms with Crippen molar-refractivity contribution in [1.82, 2.24) is 15.1 Å². The van der Waals surface area contributed by atoms with Crippen LogP contribution in [0.1, 0.15) is 40.6 Å². The zero-order valence-corrected chi connectivity index (χ0v) is 14.7. The topological polar surface area (TPSA) is 84.4 Å². The third-order valence-electron chi connectivity index (χ3n) is 3.67. The summed E-state index contributed by atoms with van der Waals surface area (Å²) >= 11 is 0. The van der Waals surface area contributed by atoms with Crippen LogP contribution in [0.2, 0.25) is 0 Å². The summed E-state index contributed by atoms with van der Waals surface area (Å²) in [6.45, 7) is 2.76. The van der Waals surface area contributed by atoms with E-state index in [1.165, 1.54) is 7.11 Å². The molecule has 7 heteroatoms. The van der Waals surface area contributed by atoms with Gasteiger partial charge in [0.15, 0.2) is 11.5 Å². The van der Waals surface area contributed by atoms with Crippen LogP contribution in [0.4, 0.5) is 11.5 Å². The summed E-state index contributed by atoms with van der Waals surface area (Å²) in [5.41, 5.74) is 1.24. The van der Waals surface area contributed by atoms with Crippen molar-refractivity contribution in [3.05, 3.63) is 47.7 Å². The van der Waals surface area contributed by atoms with Gasteiger partial charge in [-0.25, -0.2) is 4.79 Å². The number of esters is 1. The number of unbranched alkanes of at least 4 members (excludes halogenated alkanes) is 1. The molecular formula is C18H22N4O3. The zero-order chi connectivity index (χ0) is 18.2. The van der Waals surface area contributed by atoms with Crippen molar-refractivity contribution in [2.45, 2.75) is 19.8 Å². The number of methoxy groups -OCH3 is 1. The van der Waals surface area contributed by atoms with Crippen LogP contribution >= 0.6 is 0 Å². The fraction of sp³-hybridized carbons (Fsp3) is 0.333. The van der Waals surface area contributed by atoms with Crippen LogP contribution in [0, 0.1) is 0 Å². The van der Waals surface area contributed by atoms with Crippen LogP contribution in [-0.2, 0) is 4.74 Å². The monoisotopic (exact) mass is 342 g/mol. The third-order valence-corrected chi connectivity index (χ3v) is 3.67.